The van der Waals surface area contributed by atoms with Crippen molar-refractivity contribution in [3.05, 3.63) is 34.9 Å². The van der Waals surface area contributed by atoms with Crippen LogP contribution in [0.25, 0.3) is 0 Å². The summed E-state index contributed by atoms with van der Waals surface area (Å²) in [7, 11) is 0. The van der Waals surface area contributed by atoms with Gasteiger partial charge in [-0.25, -0.2) is 0 Å². The minimum Gasteiger partial charge on any atom is -0.298 e. The number of carbonyl (C=O) groups is 2. The van der Waals surface area contributed by atoms with Crippen LogP contribution in [0.3, 0.4) is 0 Å². The zero-order valence-corrected chi connectivity index (χ0v) is 8.78. The summed E-state index contributed by atoms with van der Waals surface area (Å²) in [6, 6.07) is 6.39. The van der Waals surface area contributed by atoms with E-state index in [1.165, 1.54) is 25.1 Å². The molecule has 0 bridgehead atoms. The Morgan fingerprint density at radius 2 is 2.27 bits per heavy atom. The molecule has 1 atom stereocenters. The molecule has 0 N–H and O–H groups in total. The number of halogens is 1. The highest BCUT2D eigenvalue weighted by atomic mass is 35.5. The van der Waals surface area contributed by atoms with E-state index in [1.807, 2.05) is 6.07 Å². The second-order valence-corrected chi connectivity index (χ2v) is 3.49. The fourth-order valence-electron chi connectivity index (χ4n) is 1.19. The van der Waals surface area contributed by atoms with Gasteiger partial charge in [0.15, 0.2) is 5.78 Å². The highest BCUT2D eigenvalue weighted by molar-refractivity contribution is 6.31. The van der Waals surface area contributed by atoms with E-state index in [2.05, 4.69) is 0 Å². The minimum atomic E-state index is -0.875. The number of alkyl halides is 1. The molecule has 3 nitrogen and oxygen atoms in total. The third kappa shape index (κ3) is 2.42. The van der Waals surface area contributed by atoms with E-state index >= 15 is 0 Å². The predicted octanol–water partition coefficient (Wildman–Crippen LogP) is 2.24. The van der Waals surface area contributed by atoms with Gasteiger partial charge in [-0.05, 0) is 24.6 Å². The average Bonchev–Trinajstić information content (AvgIpc) is 2.27. The number of Topliss-reactive ketones (excluding diaryl/α,β-unsaturated/α-hetero) is 1. The minimum absolute atomic E-state index is 0.254. The maximum Gasteiger partial charge on any atom is 0.152 e. The summed E-state index contributed by atoms with van der Waals surface area (Å²) in [5.74, 6) is -0.254. The maximum atomic E-state index is 11.1. The van der Waals surface area contributed by atoms with Crippen molar-refractivity contribution in [2.75, 3.05) is 0 Å². The van der Waals surface area contributed by atoms with Gasteiger partial charge in [0, 0.05) is 5.56 Å². The van der Waals surface area contributed by atoms with Crippen LogP contribution in [0.1, 0.15) is 33.8 Å². The number of hydrogen-bond acceptors (Lipinski definition) is 3. The van der Waals surface area contributed by atoms with Crippen LogP contribution in [0.2, 0.25) is 0 Å². The first-order chi connectivity index (χ1) is 7.10. The Kier molecular flexibility index (Phi) is 3.59. The van der Waals surface area contributed by atoms with E-state index in [9.17, 15) is 9.59 Å². The van der Waals surface area contributed by atoms with Crippen LogP contribution in [-0.4, -0.2) is 12.1 Å². The van der Waals surface area contributed by atoms with E-state index < -0.39 is 5.38 Å². The maximum absolute atomic E-state index is 11.1. The van der Waals surface area contributed by atoms with Gasteiger partial charge in [0.05, 0.1) is 11.6 Å². The van der Waals surface area contributed by atoms with Gasteiger partial charge in [0.25, 0.3) is 0 Å². The molecule has 0 heterocycles. The van der Waals surface area contributed by atoms with Gasteiger partial charge in [-0.15, -0.1) is 11.6 Å². The smallest absolute Gasteiger partial charge is 0.152 e. The van der Waals surface area contributed by atoms with Gasteiger partial charge in [-0.1, -0.05) is 6.07 Å². The number of benzene rings is 1. The third-order valence-corrected chi connectivity index (χ3v) is 2.50. The molecule has 76 valence electrons. The lowest BCUT2D eigenvalue weighted by Gasteiger charge is -2.08. The molecule has 4 heteroatoms. The number of hydrogen-bond donors (Lipinski definition) is 0. The van der Waals surface area contributed by atoms with Crippen molar-refractivity contribution in [3.8, 4) is 6.07 Å². The average molecular weight is 222 g/mol. The molecular weight excluding hydrogens is 214 g/mol. The SMILES string of the molecule is CC(=O)C(Cl)c1cc(C=O)ccc1C#N. The lowest BCUT2D eigenvalue weighted by molar-refractivity contribution is -0.116. The highest BCUT2D eigenvalue weighted by Gasteiger charge is 2.17. The van der Waals surface area contributed by atoms with Crippen molar-refractivity contribution in [1.82, 2.24) is 0 Å². The second-order valence-electron chi connectivity index (χ2n) is 3.05. The van der Waals surface area contributed by atoms with E-state index in [4.69, 9.17) is 16.9 Å². The summed E-state index contributed by atoms with van der Waals surface area (Å²) in [6.07, 6.45) is 0.647. The summed E-state index contributed by atoms with van der Waals surface area (Å²) >= 11 is 5.84. The molecule has 15 heavy (non-hydrogen) atoms. The Labute approximate surface area is 92.3 Å². The van der Waals surface area contributed by atoms with Gasteiger partial charge < -0.3 is 0 Å². The second kappa shape index (κ2) is 4.72. The van der Waals surface area contributed by atoms with Crippen molar-refractivity contribution < 1.29 is 9.59 Å². The summed E-state index contributed by atoms with van der Waals surface area (Å²) in [5, 5.41) is 7.93. The molecule has 0 saturated heterocycles. The Morgan fingerprint density at radius 1 is 1.60 bits per heavy atom. The first-order valence-corrected chi connectivity index (χ1v) is 4.67. The van der Waals surface area contributed by atoms with Crippen LogP contribution in [-0.2, 0) is 4.79 Å². The van der Waals surface area contributed by atoms with Gasteiger partial charge in [-0.2, -0.15) is 5.26 Å². The predicted molar refractivity (Wildman–Crippen MR) is 55.8 cm³/mol. The van der Waals surface area contributed by atoms with Crippen LogP contribution < -0.4 is 0 Å². The molecule has 1 unspecified atom stereocenters. The number of nitriles is 1. The fraction of sp³-hybridized carbons (Fsp3) is 0.182. The summed E-state index contributed by atoms with van der Waals surface area (Å²) < 4.78 is 0. The van der Waals surface area contributed by atoms with Crippen molar-refractivity contribution in [2.45, 2.75) is 12.3 Å². The number of rotatable bonds is 3. The van der Waals surface area contributed by atoms with Crippen LogP contribution in [0.15, 0.2) is 18.2 Å². The highest BCUT2D eigenvalue weighted by Crippen LogP contribution is 2.25. The van der Waals surface area contributed by atoms with Gasteiger partial charge >= 0.3 is 0 Å². The van der Waals surface area contributed by atoms with Crippen molar-refractivity contribution in [3.63, 3.8) is 0 Å². The monoisotopic (exact) mass is 221 g/mol. The van der Waals surface area contributed by atoms with Gasteiger partial charge in [0.2, 0.25) is 0 Å². The lowest BCUT2D eigenvalue weighted by Crippen LogP contribution is -2.04. The van der Waals surface area contributed by atoms with Crippen LogP contribution in [0.5, 0.6) is 0 Å². The normalized spacial score (nSPS) is 11.5. The molecule has 1 aromatic carbocycles. The quantitative estimate of drug-likeness (QED) is 0.581. The van der Waals surface area contributed by atoms with Crippen molar-refractivity contribution in [2.24, 2.45) is 0 Å². The van der Waals surface area contributed by atoms with Crippen molar-refractivity contribution in [1.29, 1.82) is 5.26 Å². The molecule has 0 spiro atoms. The summed E-state index contributed by atoms with van der Waals surface area (Å²) in [4.78, 5) is 21.6. The molecule has 0 fully saturated rings. The zero-order chi connectivity index (χ0) is 11.4. The van der Waals surface area contributed by atoms with E-state index in [1.54, 1.807) is 0 Å². The summed E-state index contributed by atoms with van der Waals surface area (Å²) in [5.41, 5.74) is 1.10. The Morgan fingerprint density at radius 3 is 2.73 bits per heavy atom. The molecule has 0 radical (unpaired) electrons. The van der Waals surface area contributed by atoms with Crippen LogP contribution >= 0.6 is 11.6 Å². The standard InChI is InChI=1S/C11H8ClNO2/c1-7(15)11(12)10-4-8(6-14)2-3-9(10)5-13/h2-4,6,11H,1H3. The number of carbonyl (C=O) groups excluding carboxylic acids is 2. The Balaban J connectivity index is 3.30. The first-order valence-electron chi connectivity index (χ1n) is 4.24. The molecular formula is C11H8ClNO2. The van der Waals surface area contributed by atoms with E-state index in [0.29, 0.717) is 23.0 Å². The molecule has 0 aliphatic carbocycles. The molecule has 0 aliphatic heterocycles. The van der Waals surface area contributed by atoms with E-state index in [-0.39, 0.29) is 5.78 Å². The molecule has 0 amide bonds. The molecule has 0 aliphatic rings. The van der Waals surface area contributed by atoms with Crippen LogP contribution in [0, 0.1) is 11.3 Å². The molecule has 0 saturated carbocycles. The van der Waals surface area contributed by atoms with E-state index in [0.717, 1.165) is 0 Å². The first kappa shape index (κ1) is 11.4. The Bertz CT molecular complexity index is 448. The molecule has 1 rings (SSSR count). The zero-order valence-electron chi connectivity index (χ0n) is 8.03. The fourth-order valence-corrected chi connectivity index (χ4v) is 1.37. The number of aldehydes is 1. The summed E-state index contributed by atoms with van der Waals surface area (Å²) in [6.45, 7) is 1.34. The van der Waals surface area contributed by atoms with Gasteiger partial charge in [-0.3, -0.25) is 9.59 Å². The molecule has 1 aromatic rings. The number of ketones is 1. The Hall–Kier alpha value is -1.66. The van der Waals surface area contributed by atoms with Crippen molar-refractivity contribution >= 4 is 23.7 Å². The van der Waals surface area contributed by atoms with Crippen LogP contribution in [0.4, 0.5) is 0 Å². The number of nitrogens with zero attached hydrogens (tertiary/aromatic N) is 1. The molecule has 0 aromatic heterocycles. The largest absolute Gasteiger partial charge is 0.298 e. The lowest BCUT2D eigenvalue weighted by atomic mass is 10.0. The third-order valence-electron chi connectivity index (χ3n) is 1.96. The van der Waals surface area contributed by atoms with Gasteiger partial charge in [0.1, 0.15) is 11.7 Å². The topological polar surface area (TPSA) is 57.9 Å².